The van der Waals surface area contributed by atoms with Gasteiger partial charge in [-0.3, -0.25) is 5.32 Å². The van der Waals surface area contributed by atoms with Crippen LogP contribution in [0.5, 0.6) is 5.75 Å². The second-order valence-corrected chi connectivity index (χ2v) is 9.22. The van der Waals surface area contributed by atoms with Gasteiger partial charge in [0.25, 0.3) is 0 Å². The molecular weight excluding hydrogens is 430 g/mol. The van der Waals surface area contributed by atoms with Crippen molar-refractivity contribution in [1.29, 1.82) is 5.26 Å². The van der Waals surface area contributed by atoms with Crippen molar-refractivity contribution in [2.45, 2.75) is 57.8 Å². The largest absolute Gasteiger partial charge is 0.491 e. The molecular formula is C27H29N3O4. The molecule has 7 nitrogen and oxygen atoms in total. The third-order valence-corrected chi connectivity index (χ3v) is 6.21. The number of aromatic nitrogens is 1. The Bertz CT molecular complexity index is 1230. The van der Waals surface area contributed by atoms with E-state index in [0.717, 1.165) is 60.2 Å². The number of ether oxygens (including phenoxy) is 3. The highest BCUT2D eigenvalue weighted by Gasteiger charge is 2.31. The predicted molar refractivity (Wildman–Crippen MR) is 130 cm³/mol. The summed E-state index contributed by atoms with van der Waals surface area (Å²) in [5.41, 5.74) is 4.16. The molecule has 34 heavy (non-hydrogen) atoms. The number of amides is 1. The second-order valence-electron chi connectivity index (χ2n) is 9.22. The average molecular weight is 460 g/mol. The van der Waals surface area contributed by atoms with Gasteiger partial charge in [0.1, 0.15) is 18.4 Å². The smallest absolute Gasteiger partial charge is 0.411 e. The number of hydrogen-bond donors (Lipinski definition) is 1. The lowest BCUT2D eigenvalue weighted by molar-refractivity contribution is 0.0680. The number of carbonyl (C=O) groups is 1. The number of nitrogens with zero attached hydrogens (tertiary/aromatic N) is 2. The Kier molecular flexibility index (Phi) is 6.16. The van der Waals surface area contributed by atoms with E-state index in [1.54, 1.807) is 0 Å². The summed E-state index contributed by atoms with van der Waals surface area (Å²) in [6.07, 6.45) is 3.77. The van der Waals surface area contributed by atoms with Crippen LogP contribution in [0.15, 0.2) is 42.5 Å². The number of carbonyl (C=O) groups excluding carboxylic acids is 1. The summed E-state index contributed by atoms with van der Waals surface area (Å²) in [4.78, 5) is 11.9. The van der Waals surface area contributed by atoms with Crippen molar-refractivity contribution < 1.29 is 19.0 Å². The molecule has 1 aromatic heterocycles. The van der Waals surface area contributed by atoms with Gasteiger partial charge < -0.3 is 18.8 Å². The lowest BCUT2D eigenvalue weighted by Gasteiger charge is -2.13. The standard InChI is InChI=1S/C27H29N3O4/c1-17(2)34-27(31)29-19-7-5-18(6-8-19)26-24(15-28)23-12-11-21(33-16-22-4-3-13-32-22)14-25(23)30(26)20-9-10-20/h5-8,11-12,14,17,20,22H,3-4,9-10,13,16H2,1-2H3,(H,29,31). The normalized spacial score (nSPS) is 17.6. The summed E-state index contributed by atoms with van der Waals surface area (Å²) in [6, 6.07) is 16.3. The monoisotopic (exact) mass is 459 g/mol. The van der Waals surface area contributed by atoms with Crippen LogP contribution in [0.1, 0.15) is 51.1 Å². The van der Waals surface area contributed by atoms with Crippen LogP contribution in [0.3, 0.4) is 0 Å². The molecule has 0 bridgehead atoms. The summed E-state index contributed by atoms with van der Waals surface area (Å²) in [5.74, 6) is 0.793. The zero-order valence-corrected chi connectivity index (χ0v) is 19.5. The van der Waals surface area contributed by atoms with E-state index in [0.29, 0.717) is 23.9 Å². The van der Waals surface area contributed by atoms with Gasteiger partial charge in [0, 0.05) is 29.8 Å². The molecule has 1 saturated heterocycles. The van der Waals surface area contributed by atoms with E-state index < -0.39 is 6.09 Å². The first-order valence-corrected chi connectivity index (χ1v) is 11.9. The minimum absolute atomic E-state index is 0.154. The highest BCUT2D eigenvalue weighted by molar-refractivity contribution is 5.96. The first-order valence-electron chi connectivity index (χ1n) is 11.9. The number of fused-ring (bicyclic) bond motifs is 1. The van der Waals surface area contributed by atoms with Gasteiger partial charge in [-0.05, 0) is 69.4 Å². The summed E-state index contributed by atoms with van der Waals surface area (Å²) < 4.78 is 19.2. The van der Waals surface area contributed by atoms with E-state index in [1.165, 1.54) is 0 Å². The maximum absolute atomic E-state index is 11.9. The number of nitrogens with one attached hydrogen (secondary N) is 1. The Balaban J connectivity index is 1.47. The molecule has 2 heterocycles. The quantitative estimate of drug-likeness (QED) is 0.466. The van der Waals surface area contributed by atoms with Gasteiger partial charge in [-0.25, -0.2) is 4.79 Å². The summed E-state index contributed by atoms with van der Waals surface area (Å²) >= 11 is 0. The van der Waals surface area contributed by atoms with E-state index in [4.69, 9.17) is 14.2 Å². The molecule has 7 heteroatoms. The molecule has 1 N–H and O–H groups in total. The molecule has 1 amide bonds. The van der Waals surface area contributed by atoms with Crippen LogP contribution in [0.4, 0.5) is 10.5 Å². The Morgan fingerprint density at radius 3 is 2.65 bits per heavy atom. The highest BCUT2D eigenvalue weighted by atomic mass is 16.6. The molecule has 2 fully saturated rings. The Labute approximate surface area is 199 Å². The van der Waals surface area contributed by atoms with Gasteiger partial charge in [0.15, 0.2) is 0 Å². The van der Waals surface area contributed by atoms with Crippen LogP contribution in [0.25, 0.3) is 22.2 Å². The lowest BCUT2D eigenvalue weighted by atomic mass is 10.1. The van der Waals surface area contributed by atoms with Crippen LogP contribution in [-0.4, -0.2) is 36.1 Å². The van der Waals surface area contributed by atoms with Gasteiger partial charge >= 0.3 is 6.09 Å². The number of rotatable bonds is 7. The van der Waals surface area contributed by atoms with E-state index in [9.17, 15) is 10.1 Å². The number of hydrogen-bond acceptors (Lipinski definition) is 5. The van der Waals surface area contributed by atoms with Crippen LogP contribution < -0.4 is 10.1 Å². The molecule has 2 aliphatic rings. The molecule has 2 aromatic carbocycles. The SMILES string of the molecule is CC(C)OC(=O)Nc1ccc(-c2c(C#N)c3ccc(OCC4CCCO4)cc3n2C2CC2)cc1. The maximum atomic E-state index is 11.9. The Morgan fingerprint density at radius 1 is 1.21 bits per heavy atom. The molecule has 1 aliphatic carbocycles. The van der Waals surface area contributed by atoms with Crippen molar-refractivity contribution in [2.24, 2.45) is 0 Å². The van der Waals surface area contributed by atoms with Crippen LogP contribution in [0, 0.1) is 11.3 Å². The van der Waals surface area contributed by atoms with E-state index in [1.807, 2.05) is 56.3 Å². The third kappa shape index (κ3) is 4.59. The van der Waals surface area contributed by atoms with Crippen LogP contribution >= 0.6 is 0 Å². The summed E-state index contributed by atoms with van der Waals surface area (Å²) in [5, 5.41) is 13.8. The van der Waals surface area contributed by atoms with Crippen molar-refractivity contribution in [1.82, 2.24) is 4.57 Å². The predicted octanol–water partition coefficient (Wildman–Crippen LogP) is 6.03. The lowest BCUT2D eigenvalue weighted by Crippen LogP contribution is -2.17. The zero-order chi connectivity index (χ0) is 23.7. The van der Waals surface area contributed by atoms with E-state index >= 15 is 0 Å². The molecule has 0 spiro atoms. The Morgan fingerprint density at radius 2 is 2.00 bits per heavy atom. The first-order chi connectivity index (χ1) is 16.5. The Hall–Kier alpha value is -3.50. The van der Waals surface area contributed by atoms with Crippen molar-refractivity contribution in [3.8, 4) is 23.1 Å². The molecule has 176 valence electrons. The molecule has 0 radical (unpaired) electrons. The van der Waals surface area contributed by atoms with Crippen molar-refractivity contribution in [2.75, 3.05) is 18.5 Å². The van der Waals surface area contributed by atoms with Crippen molar-refractivity contribution in [3.05, 3.63) is 48.0 Å². The van der Waals surface area contributed by atoms with Gasteiger partial charge in [-0.15, -0.1) is 0 Å². The third-order valence-electron chi connectivity index (χ3n) is 6.21. The molecule has 1 saturated carbocycles. The second kappa shape index (κ2) is 9.40. The first kappa shape index (κ1) is 22.3. The topological polar surface area (TPSA) is 85.5 Å². The summed E-state index contributed by atoms with van der Waals surface area (Å²) in [7, 11) is 0. The van der Waals surface area contributed by atoms with Crippen molar-refractivity contribution >= 4 is 22.7 Å². The number of nitriles is 1. The minimum Gasteiger partial charge on any atom is -0.491 e. The fourth-order valence-electron chi connectivity index (χ4n) is 4.53. The van der Waals surface area contributed by atoms with Gasteiger partial charge in [0.2, 0.25) is 0 Å². The fourth-order valence-corrected chi connectivity index (χ4v) is 4.53. The van der Waals surface area contributed by atoms with Gasteiger partial charge in [-0.1, -0.05) is 12.1 Å². The average Bonchev–Trinajstić information content (AvgIpc) is 3.41. The highest BCUT2D eigenvalue weighted by Crippen LogP contribution is 2.45. The minimum atomic E-state index is -0.483. The van der Waals surface area contributed by atoms with Gasteiger partial charge in [0.05, 0.1) is 29.0 Å². The number of benzene rings is 2. The van der Waals surface area contributed by atoms with Crippen LogP contribution in [0.2, 0.25) is 0 Å². The maximum Gasteiger partial charge on any atom is 0.411 e. The van der Waals surface area contributed by atoms with E-state index in [-0.39, 0.29) is 12.2 Å². The van der Waals surface area contributed by atoms with Crippen molar-refractivity contribution in [3.63, 3.8) is 0 Å². The molecule has 3 aromatic rings. The molecule has 5 rings (SSSR count). The molecule has 1 unspecified atom stereocenters. The summed E-state index contributed by atoms with van der Waals surface area (Å²) in [6.45, 7) is 4.96. The van der Waals surface area contributed by atoms with Gasteiger partial charge in [-0.2, -0.15) is 5.26 Å². The van der Waals surface area contributed by atoms with Crippen LogP contribution in [-0.2, 0) is 9.47 Å². The molecule has 1 atom stereocenters. The number of anilines is 1. The fraction of sp³-hybridized carbons (Fsp3) is 0.407. The molecule has 1 aliphatic heterocycles. The zero-order valence-electron chi connectivity index (χ0n) is 19.5. The van der Waals surface area contributed by atoms with E-state index in [2.05, 4.69) is 16.0 Å².